The maximum Gasteiger partial charge on any atom is 0.511 e. The monoisotopic (exact) mass is 455 g/mol. The predicted octanol–water partition coefficient (Wildman–Crippen LogP) is 6.75. The average molecular weight is 456 g/mol. The molecule has 0 bridgehead atoms. The van der Waals surface area contributed by atoms with Gasteiger partial charge in [-0.25, -0.2) is 18.0 Å². The fraction of sp³-hybridized carbons (Fsp3) is 0.522. The van der Waals surface area contributed by atoms with Crippen molar-refractivity contribution < 1.29 is 27.8 Å². The smallest absolute Gasteiger partial charge is 0.449 e. The molecule has 31 heavy (non-hydrogen) atoms. The summed E-state index contributed by atoms with van der Waals surface area (Å²) in [6, 6.07) is 4.25. The van der Waals surface area contributed by atoms with Gasteiger partial charge in [-0.05, 0) is 37.0 Å². The van der Waals surface area contributed by atoms with Crippen LogP contribution in [0.1, 0.15) is 50.5 Å². The van der Waals surface area contributed by atoms with Crippen molar-refractivity contribution >= 4 is 17.9 Å². The lowest BCUT2D eigenvalue weighted by Gasteiger charge is -2.32. The highest BCUT2D eigenvalue weighted by Crippen LogP contribution is 2.37. The summed E-state index contributed by atoms with van der Waals surface area (Å²) in [6.45, 7) is 1.35. The van der Waals surface area contributed by atoms with Crippen LogP contribution < -0.4 is 0 Å². The number of hydrogen-bond donors (Lipinski definition) is 1. The molecular formula is C23H28F3NO3S. The zero-order chi connectivity index (χ0) is 22.3. The van der Waals surface area contributed by atoms with E-state index in [-0.39, 0.29) is 17.1 Å². The fourth-order valence-electron chi connectivity index (χ4n) is 4.06. The van der Waals surface area contributed by atoms with Gasteiger partial charge in [-0.1, -0.05) is 43.9 Å². The molecule has 0 radical (unpaired) electrons. The Bertz CT molecular complexity index is 803. The Kier molecular flexibility index (Phi) is 8.35. The van der Waals surface area contributed by atoms with Crippen LogP contribution in [0.2, 0.25) is 0 Å². The van der Waals surface area contributed by atoms with Gasteiger partial charge in [-0.3, -0.25) is 0 Å². The molecule has 170 valence electrons. The first kappa shape index (κ1) is 23.6. The normalized spacial score (nSPS) is 18.2. The van der Waals surface area contributed by atoms with Gasteiger partial charge in [0.05, 0.1) is 0 Å². The van der Waals surface area contributed by atoms with Crippen molar-refractivity contribution in [2.75, 3.05) is 18.8 Å². The summed E-state index contributed by atoms with van der Waals surface area (Å²) in [7, 11) is 0. The number of halogens is 3. The van der Waals surface area contributed by atoms with Crippen LogP contribution in [0.25, 0.3) is 0 Å². The average Bonchev–Trinajstić information content (AvgIpc) is 2.98. The molecule has 0 saturated heterocycles. The fourth-order valence-corrected chi connectivity index (χ4v) is 5.20. The van der Waals surface area contributed by atoms with Crippen LogP contribution >= 0.6 is 11.8 Å². The van der Waals surface area contributed by atoms with Gasteiger partial charge in [0, 0.05) is 30.8 Å². The molecule has 1 fully saturated rings. The van der Waals surface area contributed by atoms with E-state index < -0.39 is 24.3 Å². The summed E-state index contributed by atoms with van der Waals surface area (Å²) in [5.74, 6) is -2.91. The Balaban J connectivity index is 1.69. The van der Waals surface area contributed by atoms with E-state index in [4.69, 9.17) is 9.84 Å². The highest BCUT2D eigenvalue weighted by atomic mass is 32.2. The second kappa shape index (κ2) is 11.0. The third-order valence-electron chi connectivity index (χ3n) is 5.67. The zero-order valence-corrected chi connectivity index (χ0v) is 18.2. The van der Waals surface area contributed by atoms with Crippen LogP contribution in [0, 0.1) is 11.7 Å². The topological polar surface area (TPSA) is 49.8 Å². The summed E-state index contributed by atoms with van der Waals surface area (Å²) in [4.78, 5) is 13.2. The molecule has 1 saturated carbocycles. The summed E-state index contributed by atoms with van der Waals surface area (Å²) in [6.07, 6.45) is 8.64. The van der Waals surface area contributed by atoms with E-state index in [9.17, 15) is 18.0 Å². The molecule has 0 spiro atoms. The van der Waals surface area contributed by atoms with Gasteiger partial charge < -0.3 is 14.7 Å². The number of nitrogens with zero attached hydrogens (tertiary/aromatic N) is 1. The number of carboxylic acid groups (broad SMARTS) is 1. The maximum atomic E-state index is 14.6. The first-order valence-electron chi connectivity index (χ1n) is 10.7. The third-order valence-corrected chi connectivity index (χ3v) is 6.81. The maximum absolute atomic E-state index is 14.6. The van der Waals surface area contributed by atoms with E-state index in [1.807, 2.05) is 6.08 Å². The molecule has 4 nitrogen and oxygen atoms in total. The second-order valence-corrected chi connectivity index (χ2v) is 9.10. The molecular weight excluding hydrogens is 427 g/mol. The lowest BCUT2D eigenvalue weighted by Crippen LogP contribution is -2.31. The lowest BCUT2D eigenvalue weighted by atomic mass is 9.99. The molecule has 1 aliphatic carbocycles. The molecule has 3 rings (SSSR count). The Morgan fingerprint density at radius 3 is 2.48 bits per heavy atom. The number of rotatable bonds is 8. The van der Waals surface area contributed by atoms with E-state index in [0.717, 1.165) is 43.7 Å². The van der Waals surface area contributed by atoms with E-state index in [1.165, 1.54) is 37.4 Å². The standard InChI is InChI=1S/C23H28F3NO3S/c24-19-11-9-18(10-12-19)23(25,26)13-15-31-21-20(30-22(28)29)8-5-14-27(21)16-17-6-3-1-2-4-7-17/h5,8-12,17H,1-4,6-7,13-16H2,(H,28,29). The van der Waals surface area contributed by atoms with Gasteiger partial charge in [0.15, 0.2) is 5.76 Å². The first-order chi connectivity index (χ1) is 14.8. The van der Waals surface area contributed by atoms with Crippen molar-refractivity contribution in [2.45, 2.75) is 50.9 Å². The molecule has 1 aromatic carbocycles. The zero-order valence-electron chi connectivity index (χ0n) is 17.4. The summed E-state index contributed by atoms with van der Waals surface area (Å²) in [5.41, 5.74) is -0.232. The molecule has 0 unspecified atom stereocenters. The molecule has 1 aromatic rings. The second-order valence-electron chi connectivity index (χ2n) is 8.01. The number of carbonyl (C=O) groups is 1. The van der Waals surface area contributed by atoms with E-state index in [2.05, 4.69) is 4.90 Å². The molecule has 1 N–H and O–H groups in total. The van der Waals surface area contributed by atoms with Crippen LogP contribution in [0.15, 0.2) is 47.2 Å². The number of allylic oxidation sites excluding steroid dienone is 1. The number of thioether (sulfide) groups is 1. The SMILES string of the molecule is O=C(O)OC1=C(SCCC(F)(F)c2ccc(F)cc2)N(CC2CCCCCC2)CC=C1. The number of benzene rings is 1. The Morgan fingerprint density at radius 2 is 1.84 bits per heavy atom. The molecule has 2 aliphatic rings. The Hall–Kier alpha value is -2.09. The number of alkyl halides is 2. The van der Waals surface area contributed by atoms with E-state index in [1.54, 1.807) is 6.08 Å². The Labute approximate surface area is 185 Å². The van der Waals surface area contributed by atoms with Crippen molar-refractivity contribution in [3.8, 4) is 0 Å². The highest BCUT2D eigenvalue weighted by molar-refractivity contribution is 8.03. The van der Waals surface area contributed by atoms with Crippen LogP contribution in [0.5, 0.6) is 0 Å². The van der Waals surface area contributed by atoms with Crippen LogP contribution in [0.4, 0.5) is 18.0 Å². The minimum Gasteiger partial charge on any atom is -0.449 e. The molecule has 0 atom stereocenters. The van der Waals surface area contributed by atoms with Crippen molar-refractivity contribution in [1.82, 2.24) is 4.90 Å². The van der Waals surface area contributed by atoms with Crippen molar-refractivity contribution in [3.05, 3.63) is 58.6 Å². The predicted molar refractivity (Wildman–Crippen MR) is 115 cm³/mol. The van der Waals surface area contributed by atoms with Crippen LogP contribution in [0.3, 0.4) is 0 Å². The highest BCUT2D eigenvalue weighted by Gasteiger charge is 2.32. The minimum atomic E-state index is -3.11. The van der Waals surface area contributed by atoms with Gasteiger partial charge >= 0.3 is 6.16 Å². The molecule has 1 aliphatic heterocycles. The van der Waals surface area contributed by atoms with E-state index in [0.29, 0.717) is 17.5 Å². The quantitative estimate of drug-likeness (QED) is 0.347. The molecule has 1 heterocycles. The summed E-state index contributed by atoms with van der Waals surface area (Å²) >= 11 is 1.19. The first-order valence-corrected chi connectivity index (χ1v) is 11.7. The van der Waals surface area contributed by atoms with Gasteiger partial charge in [0.2, 0.25) is 0 Å². The number of ether oxygens (including phenoxy) is 1. The van der Waals surface area contributed by atoms with Gasteiger partial charge in [0.25, 0.3) is 5.92 Å². The largest absolute Gasteiger partial charge is 0.511 e. The van der Waals surface area contributed by atoms with Gasteiger partial charge in [-0.15, -0.1) is 11.8 Å². The van der Waals surface area contributed by atoms with Crippen molar-refractivity contribution in [2.24, 2.45) is 5.92 Å². The van der Waals surface area contributed by atoms with Crippen LogP contribution in [-0.4, -0.2) is 35.0 Å². The molecule has 0 aromatic heterocycles. The summed E-state index contributed by atoms with van der Waals surface area (Å²) < 4.78 is 47.1. The third kappa shape index (κ3) is 6.95. The van der Waals surface area contributed by atoms with Crippen molar-refractivity contribution in [3.63, 3.8) is 0 Å². The van der Waals surface area contributed by atoms with E-state index >= 15 is 0 Å². The van der Waals surface area contributed by atoms with Crippen LogP contribution in [-0.2, 0) is 10.7 Å². The minimum absolute atomic E-state index is 0.0706. The lowest BCUT2D eigenvalue weighted by molar-refractivity contribution is -0.00708. The molecule has 0 amide bonds. The Morgan fingerprint density at radius 1 is 1.16 bits per heavy atom. The summed E-state index contributed by atoms with van der Waals surface area (Å²) in [5, 5.41) is 9.67. The number of hydrogen-bond acceptors (Lipinski definition) is 4. The van der Waals surface area contributed by atoms with Gasteiger partial charge in [0.1, 0.15) is 10.8 Å². The molecule has 8 heteroatoms. The van der Waals surface area contributed by atoms with Crippen molar-refractivity contribution in [1.29, 1.82) is 0 Å². The van der Waals surface area contributed by atoms with Gasteiger partial charge in [-0.2, -0.15) is 0 Å².